The summed E-state index contributed by atoms with van der Waals surface area (Å²) in [7, 11) is 0. The summed E-state index contributed by atoms with van der Waals surface area (Å²) in [5.74, 6) is 0. The predicted molar refractivity (Wildman–Crippen MR) is 77.5 cm³/mol. The van der Waals surface area contributed by atoms with E-state index in [1.54, 1.807) is 0 Å². The van der Waals surface area contributed by atoms with Crippen molar-refractivity contribution in [2.24, 2.45) is 5.73 Å². The molecule has 3 heteroatoms. The first kappa shape index (κ1) is 14.7. The van der Waals surface area contributed by atoms with Crippen LogP contribution < -0.4 is 5.73 Å². The fraction of sp³-hybridized carbons (Fsp3) is 0.714. The lowest BCUT2D eigenvalue weighted by Gasteiger charge is -2.35. The summed E-state index contributed by atoms with van der Waals surface area (Å²) in [5, 5.41) is 2.15. The van der Waals surface area contributed by atoms with Crippen molar-refractivity contribution in [3.63, 3.8) is 0 Å². The Bertz CT molecular complexity index is 284. The molecule has 2 N–H and O–H groups in total. The first-order valence-corrected chi connectivity index (χ1v) is 7.61. The highest BCUT2D eigenvalue weighted by Gasteiger charge is 2.23. The molecule has 1 heterocycles. The van der Waals surface area contributed by atoms with Gasteiger partial charge in [0.25, 0.3) is 0 Å². The smallest absolute Gasteiger partial charge is 0.0566 e. The molecule has 0 aliphatic carbocycles. The Morgan fingerprint density at radius 3 is 2.65 bits per heavy atom. The van der Waals surface area contributed by atoms with Crippen LogP contribution in [0.25, 0.3) is 0 Å². The molecule has 0 radical (unpaired) electrons. The van der Waals surface area contributed by atoms with Gasteiger partial charge in [-0.1, -0.05) is 26.3 Å². The van der Waals surface area contributed by atoms with Crippen molar-refractivity contribution in [3.8, 4) is 0 Å². The summed E-state index contributed by atoms with van der Waals surface area (Å²) in [6, 6.07) is 5.34. The van der Waals surface area contributed by atoms with E-state index in [9.17, 15) is 0 Å². The first-order valence-electron chi connectivity index (χ1n) is 6.73. The zero-order valence-electron chi connectivity index (χ0n) is 11.4. The Kier molecular flexibility index (Phi) is 6.78. The van der Waals surface area contributed by atoms with E-state index in [0.717, 1.165) is 6.54 Å². The van der Waals surface area contributed by atoms with Gasteiger partial charge in [0, 0.05) is 17.5 Å². The van der Waals surface area contributed by atoms with Crippen LogP contribution in [0, 0.1) is 0 Å². The maximum absolute atomic E-state index is 5.99. The van der Waals surface area contributed by atoms with Crippen molar-refractivity contribution in [2.75, 3.05) is 13.1 Å². The van der Waals surface area contributed by atoms with Crippen LogP contribution in [0.15, 0.2) is 17.5 Å². The zero-order valence-corrected chi connectivity index (χ0v) is 12.2. The van der Waals surface area contributed by atoms with Crippen LogP contribution in [0.5, 0.6) is 0 Å². The number of unbranched alkanes of at least 4 members (excludes halogenated alkanes) is 1. The minimum atomic E-state index is 0.400. The average Bonchev–Trinajstić information content (AvgIpc) is 2.87. The van der Waals surface area contributed by atoms with Crippen LogP contribution in [-0.4, -0.2) is 24.0 Å². The third kappa shape index (κ3) is 4.09. The molecule has 0 amide bonds. The molecule has 17 heavy (non-hydrogen) atoms. The van der Waals surface area contributed by atoms with Gasteiger partial charge < -0.3 is 5.73 Å². The topological polar surface area (TPSA) is 29.3 Å². The van der Waals surface area contributed by atoms with Crippen molar-refractivity contribution < 1.29 is 0 Å². The van der Waals surface area contributed by atoms with E-state index in [1.165, 1.54) is 24.1 Å². The van der Waals surface area contributed by atoms with E-state index in [1.807, 2.05) is 11.3 Å². The number of hydrogen-bond donors (Lipinski definition) is 1. The molecule has 0 aliphatic heterocycles. The summed E-state index contributed by atoms with van der Waals surface area (Å²) < 4.78 is 0. The zero-order chi connectivity index (χ0) is 12.7. The molecule has 0 saturated heterocycles. The van der Waals surface area contributed by atoms with Crippen molar-refractivity contribution in [1.82, 2.24) is 4.90 Å². The fourth-order valence-electron chi connectivity index (χ4n) is 2.15. The minimum Gasteiger partial charge on any atom is -0.329 e. The van der Waals surface area contributed by atoms with Crippen LogP contribution >= 0.6 is 11.3 Å². The molecular formula is C14H26N2S. The highest BCUT2D eigenvalue weighted by Crippen LogP contribution is 2.27. The maximum atomic E-state index is 5.99. The molecule has 1 aromatic rings. The molecule has 0 fully saturated rings. The molecule has 0 spiro atoms. The van der Waals surface area contributed by atoms with Crippen LogP contribution in [-0.2, 0) is 0 Å². The Balaban J connectivity index is 2.78. The molecule has 1 rings (SSSR count). The molecule has 0 aromatic carbocycles. The van der Waals surface area contributed by atoms with Crippen molar-refractivity contribution in [1.29, 1.82) is 0 Å². The number of nitrogens with two attached hydrogens (primary N) is 1. The normalized spacial score (nSPS) is 15.1. The molecule has 98 valence electrons. The summed E-state index contributed by atoms with van der Waals surface area (Å²) in [4.78, 5) is 3.99. The largest absolute Gasteiger partial charge is 0.329 e. The van der Waals surface area contributed by atoms with Gasteiger partial charge in [0.2, 0.25) is 0 Å². The fourth-order valence-corrected chi connectivity index (χ4v) is 3.01. The van der Waals surface area contributed by atoms with Gasteiger partial charge in [0.15, 0.2) is 0 Å². The third-order valence-electron chi connectivity index (χ3n) is 3.42. The van der Waals surface area contributed by atoms with Gasteiger partial charge in [-0.25, -0.2) is 0 Å². The monoisotopic (exact) mass is 254 g/mol. The van der Waals surface area contributed by atoms with Gasteiger partial charge in [0.1, 0.15) is 0 Å². The quantitative estimate of drug-likeness (QED) is 0.767. The van der Waals surface area contributed by atoms with Gasteiger partial charge >= 0.3 is 0 Å². The summed E-state index contributed by atoms with van der Waals surface area (Å²) in [6.07, 6.45) is 3.69. The van der Waals surface area contributed by atoms with Gasteiger partial charge in [-0.15, -0.1) is 11.3 Å². The van der Waals surface area contributed by atoms with Crippen molar-refractivity contribution in [3.05, 3.63) is 22.4 Å². The van der Waals surface area contributed by atoms with Crippen LogP contribution in [0.1, 0.15) is 51.0 Å². The van der Waals surface area contributed by atoms with Crippen LogP contribution in [0.4, 0.5) is 0 Å². The van der Waals surface area contributed by atoms with Gasteiger partial charge in [0.05, 0.1) is 6.04 Å². The van der Waals surface area contributed by atoms with Gasteiger partial charge in [-0.2, -0.15) is 0 Å². The highest BCUT2D eigenvalue weighted by molar-refractivity contribution is 7.10. The Morgan fingerprint density at radius 2 is 2.18 bits per heavy atom. The minimum absolute atomic E-state index is 0.400. The highest BCUT2D eigenvalue weighted by atomic mass is 32.1. The first-order chi connectivity index (χ1) is 8.24. The lowest BCUT2D eigenvalue weighted by molar-refractivity contribution is 0.143. The number of hydrogen-bond acceptors (Lipinski definition) is 3. The van der Waals surface area contributed by atoms with Crippen LogP contribution in [0.2, 0.25) is 0 Å². The van der Waals surface area contributed by atoms with E-state index in [4.69, 9.17) is 5.73 Å². The molecule has 0 aliphatic rings. The third-order valence-corrected chi connectivity index (χ3v) is 4.40. The standard InChI is InChI=1S/C14H26N2S/c1-4-6-9-16(12(3)5-2)13(11-15)14-8-7-10-17-14/h7-8,10,12-13H,4-6,9,11,15H2,1-3H3. The molecule has 2 atom stereocenters. The SMILES string of the molecule is CCCCN(C(C)CC)C(CN)c1cccs1. The Morgan fingerprint density at radius 1 is 1.41 bits per heavy atom. The van der Waals surface area contributed by atoms with E-state index in [2.05, 4.69) is 43.2 Å². The number of thiophene rings is 1. The lowest BCUT2D eigenvalue weighted by atomic mass is 10.1. The van der Waals surface area contributed by atoms with Crippen molar-refractivity contribution in [2.45, 2.75) is 52.1 Å². The molecule has 2 unspecified atom stereocenters. The molecular weight excluding hydrogens is 228 g/mol. The lowest BCUT2D eigenvalue weighted by Crippen LogP contribution is -2.40. The second-order valence-electron chi connectivity index (χ2n) is 4.62. The van der Waals surface area contributed by atoms with Gasteiger partial charge in [-0.3, -0.25) is 4.90 Å². The van der Waals surface area contributed by atoms with E-state index in [0.29, 0.717) is 18.6 Å². The van der Waals surface area contributed by atoms with E-state index in [-0.39, 0.29) is 0 Å². The molecule has 0 saturated carbocycles. The number of rotatable bonds is 8. The van der Waals surface area contributed by atoms with Crippen LogP contribution in [0.3, 0.4) is 0 Å². The molecule has 2 nitrogen and oxygen atoms in total. The Hall–Kier alpha value is -0.380. The summed E-state index contributed by atoms with van der Waals surface area (Å²) in [6.45, 7) is 8.69. The Labute approximate surface area is 110 Å². The van der Waals surface area contributed by atoms with E-state index < -0.39 is 0 Å². The maximum Gasteiger partial charge on any atom is 0.0566 e. The summed E-state index contributed by atoms with van der Waals surface area (Å²) >= 11 is 1.82. The second-order valence-corrected chi connectivity index (χ2v) is 5.59. The number of nitrogens with zero attached hydrogens (tertiary/aromatic N) is 1. The molecule has 1 aromatic heterocycles. The molecule has 0 bridgehead atoms. The summed E-state index contributed by atoms with van der Waals surface area (Å²) in [5.41, 5.74) is 5.99. The average molecular weight is 254 g/mol. The second kappa shape index (κ2) is 7.85. The predicted octanol–water partition coefficient (Wildman–Crippen LogP) is 3.65. The van der Waals surface area contributed by atoms with Gasteiger partial charge in [-0.05, 0) is 37.8 Å². The van der Waals surface area contributed by atoms with E-state index >= 15 is 0 Å². The van der Waals surface area contributed by atoms with Crippen molar-refractivity contribution >= 4 is 11.3 Å².